The van der Waals surface area contributed by atoms with Gasteiger partial charge in [0.1, 0.15) is 0 Å². The number of nitrogens with two attached hydrogens (primary N) is 2. The van der Waals surface area contributed by atoms with Gasteiger partial charge in [-0.15, -0.1) is 0 Å². The Morgan fingerprint density at radius 3 is 1.46 bits per heavy atom. The fraction of sp³-hybridized carbons (Fsp3) is 0.400. The summed E-state index contributed by atoms with van der Waals surface area (Å²) >= 11 is 0. The van der Waals surface area contributed by atoms with E-state index < -0.39 is 31.2 Å². The molecule has 0 fully saturated rings. The van der Waals surface area contributed by atoms with Gasteiger partial charge in [0, 0.05) is 0 Å². The van der Waals surface area contributed by atoms with E-state index in [-0.39, 0.29) is 29.6 Å². The van der Waals surface area contributed by atoms with E-state index in [0.29, 0.717) is 0 Å². The third-order valence-corrected chi connectivity index (χ3v) is 0.728. The van der Waals surface area contributed by atoms with Crippen LogP contribution in [-0.2, 0) is 19.1 Å². The van der Waals surface area contributed by atoms with Crippen LogP contribution in [-0.4, -0.2) is 60.7 Å². The third-order valence-electron chi connectivity index (χ3n) is 0.728. The van der Waals surface area contributed by atoms with Crippen LogP contribution in [0.25, 0.3) is 0 Å². The van der Waals surface area contributed by atoms with Crippen molar-refractivity contribution in [2.24, 2.45) is 11.5 Å². The molecule has 0 aromatic rings. The predicted molar refractivity (Wildman–Crippen MR) is 42.8 cm³/mol. The van der Waals surface area contributed by atoms with Gasteiger partial charge in [-0.05, 0) is 0 Å². The average Bonchev–Trinajstić information content (AvgIpc) is 2.03. The first-order valence-electron chi connectivity index (χ1n) is 2.95. The fourth-order valence-corrected chi connectivity index (χ4v) is 0.290. The van der Waals surface area contributed by atoms with E-state index >= 15 is 0 Å². The van der Waals surface area contributed by atoms with E-state index in [1.807, 2.05) is 0 Å². The molecule has 0 saturated heterocycles. The quantitative estimate of drug-likeness (QED) is 0.286. The molecule has 0 atom stereocenters. The first-order chi connectivity index (χ1) is 5.60. The zero-order valence-electron chi connectivity index (χ0n) is 6.11. The summed E-state index contributed by atoms with van der Waals surface area (Å²) in [6.45, 7) is -0.933. The number of hydrogen-bond donors (Lipinski definition) is 2. The van der Waals surface area contributed by atoms with Crippen LogP contribution in [0.4, 0.5) is 4.79 Å². The number of hydrogen-bond acceptors (Lipinski definition) is 7. The van der Waals surface area contributed by atoms with Crippen molar-refractivity contribution < 1.29 is 23.9 Å². The number of ether oxygens (including phenoxy) is 2. The van der Waals surface area contributed by atoms with E-state index in [4.69, 9.17) is 11.5 Å². The second kappa shape index (κ2) is 8.14. The van der Waals surface area contributed by atoms with Crippen LogP contribution in [0.1, 0.15) is 0 Å². The minimum atomic E-state index is -1.42. The van der Waals surface area contributed by atoms with Gasteiger partial charge in [-0.2, -0.15) is 0 Å². The number of rotatable bonds is 2. The molecule has 0 bridgehead atoms. The first kappa shape index (κ1) is 15.0. The van der Waals surface area contributed by atoms with Crippen LogP contribution < -0.4 is 11.5 Å². The molecule has 0 heterocycles. The van der Waals surface area contributed by atoms with Crippen molar-refractivity contribution in [3.8, 4) is 0 Å². The predicted octanol–water partition coefficient (Wildman–Crippen LogP) is -2.54. The average molecular weight is 200 g/mol. The summed E-state index contributed by atoms with van der Waals surface area (Å²) in [7, 11) is 0. The topological polar surface area (TPSA) is 122 Å². The molecule has 0 rings (SSSR count). The number of carbonyl (C=O) groups excluding carboxylic acids is 3. The Balaban J connectivity index is 0. The standard InChI is InChI=1S/C5H8N2O5.Na.H/c6-1-3(8)11-5(10)12-4(9)2-7;;/h1-2,6-7H2;;. The summed E-state index contributed by atoms with van der Waals surface area (Å²) in [5.74, 6) is -1.96. The van der Waals surface area contributed by atoms with Crippen LogP contribution in [0.3, 0.4) is 0 Å². The van der Waals surface area contributed by atoms with E-state index in [0.717, 1.165) is 0 Å². The second-order valence-corrected chi connectivity index (χ2v) is 1.61. The minimum absolute atomic E-state index is 0. The number of esters is 2. The maximum atomic E-state index is 10.4. The van der Waals surface area contributed by atoms with Gasteiger partial charge >= 0.3 is 47.7 Å². The van der Waals surface area contributed by atoms with Crippen LogP contribution in [0.2, 0.25) is 0 Å². The van der Waals surface area contributed by atoms with Crippen molar-refractivity contribution in [2.75, 3.05) is 13.1 Å². The molecule has 0 aromatic heterocycles. The van der Waals surface area contributed by atoms with Crippen molar-refractivity contribution in [2.45, 2.75) is 0 Å². The molecule has 0 radical (unpaired) electrons. The molecule has 0 unspecified atom stereocenters. The maximum absolute atomic E-state index is 10.4. The SMILES string of the molecule is NCC(=O)OC(=O)OC(=O)CN.[NaH]. The molecule has 8 heteroatoms. The van der Waals surface area contributed by atoms with Gasteiger partial charge in [-0.25, -0.2) is 4.79 Å². The van der Waals surface area contributed by atoms with Gasteiger partial charge in [0.15, 0.2) is 0 Å². The summed E-state index contributed by atoms with van der Waals surface area (Å²) in [6.07, 6.45) is -1.42. The normalized spacial score (nSPS) is 8.15. The van der Waals surface area contributed by atoms with Gasteiger partial charge < -0.3 is 20.9 Å². The Kier molecular flexibility index (Phi) is 9.41. The molecule has 0 spiro atoms. The third kappa shape index (κ3) is 7.88. The van der Waals surface area contributed by atoms with Gasteiger partial charge in [-0.1, -0.05) is 0 Å². The monoisotopic (exact) mass is 200 g/mol. The van der Waals surface area contributed by atoms with E-state index in [2.05, 4.69) is 9.47 Å². The van der Waals surface area contributed by atoms with E-state index in [1.54, 1.807) is 0 Å². The second-order valence-electron chi connectivity index (χ2n) is 1.61. The summed E-state index contributed by atoms with van der Waals surface area (Å²) in [4.78, 5) is 31.0. The van der Waals surface area contributed by atoms with Crippen molar-refractivity contribution in [3.63, 3.8) is 0 Å². The van der Waals surface area contributed by atoms with Crippen LogP contribution in [0, 0.1) is 0 Å². The Bertz CT molecular complexity index is 187. The van der Waals surface area contributed by atoms with Gasteiger partial charge in [0.25, 0.3) is 0 Å². The van der Waals surface area contributed by atoms with Crippen LogP contribution in [0.15, 0.2) is 0 Å². The van der Waals surface area contributed by atoms with Crippen LogP contribution >= 0.6 is 0 Å². The molecule has 7 nitrogen and oxygen atoms in total. The summed E-state index contributed by atoms with van der Waals surface area (Å²) in [5.41, 5.74) is 9.58. The Morgan fingerprint density at radius 1 is 0.923 bits per heavy atom. The molecule has 0 aliphatic carbocycles. The Labute approximate surface area is 96.0 Å². The fourth-order valence-electron chi connectivity index (χ4n) is 0.290. The molecule has 0 aromatic carbocycles. The van der Waals surface area contributed by atoms with Crippen molar-refractivity contribution in [1.82, 2.24) is 0 Å². The summed E-state index contributed by atoms with van der Waals surface area (Å²) in [5, 5.41) is 0. The molecular formula is C5H9N2NaO5. The van der Waals surface area contributed by atoms with Crippen molar-refractivity contribution in [3.05, 3.63) is 0 Å². The van der Waals surface area contributed by atoms with E-state index in [9.17, 15) is 14.4 Å². The summed E-state index contributed by atoms with van der Waals surface area (Å²) < 4.78 is 7.74. The molecule has 0 amide bonds. The van der Waals surface area contributed by atoms with Crippen LogP contribution in [0.5, 0.6) is 0 Å². The van der Waals surface area contributed by atoms with Gasteiger partial charge in [0.05, 0.1) is 13.1 Å². The molecule has 0 saturated carbocycles. The molecule has 4 N–H and O–H groups in total. The zero-order chi connectivity index (χ0) is 9.56. The number of carbonyl (C=O) groups is 3. The molecule has 0 aliphatic rings. The first-order valence-corrected chi connectivity index (χ1v) is 2.95. The zero-order valence-corrected chi connectivity index (χ0v) is 6.11. The van der Waals surface area contributed by atoms with Gasteiger partial charge in [-0.3, -0.25) is 9.59 Å². The Morgan fingerprint density at radius 2 is 1.23 bits per heavy atom. The molecule has 13 heavy (non-hydrogen) atoms. The molecule has 0 aliphatic heterocycles. The molecular weight excluding hydrogens is 191 g/mol. The van der Waals surface area contributed by atoms with E-state index in [1.165, 1.54) is 0 Å². The van der Waals surface area contributed by atoms with Gasteiger partial charge in [0.2, 0.25) is 0 Å². The molecule has 70 valence electrons. The summed E-state index contributed by atoms with van der Waals surface area (Å²) in [6, 6.07) is 0. The van der Waals surface area contributed by atoms with Crippen molar-refractivity contribution >= 4 is 47.7 Å². The van der Waals surface area contributed by atoms with Crippen molar-refractivity contribution in [1.29, 1.82) is 0 Å². The Hall–Kier alpha value is -0.470.